The number of anilines is 1. The summed E-state index contributed by atoms with van der Waals surface area (Å²) in [6.45, 7) is 3.72. The van der Waals surface area contributed by atoms with Crippen LogP contribution in [-0.2, 0) is 0 Å². The molecule has 0 saturated carbocycles. The van der Waals surface area contributed by atoms with E-state index in [0.29, 0.717) is 21.8 Å². The standard InChI is InChI=1S/C16H12ClNO2/c1-9-7-11(8-10(2)14(9)17)18-15(19)12-5-3-4-6-13(12)16(18)20/h3-8H,1-2H3. The second kappa shape index (κ2) is 4.46. The molecule has 1 heterocycles. The average molecular weight is 286 g/mol. The number of amides is 2. The SMILES string of the molecule is Cc1cc(N2C(=O)c3ccccc3C2=O)cc(C)c1Cl. The molecule has 4 heteroatoms. The van der Waals surface area contributed by atoms with Crippen molar-refractivity contribution in [3.05, 3.63) is 63.7 Å². The smallest absolute Gasteiger partial charge is 0.266 e. The molecule has 0 saturated heterocycles. The van der Waals surface area contributed by atoms with Crippen LogP contribution in [-0.4, -0.2) is 11.8 Å². The average Bonchev–Trinajstić information content (AvgIpc) is 2.68. The second-order valence-electron chi connectivity index (χ2n) is 4.88. The number of hydrogen-bond donors (Lipinski definition) is 0. The first kappa shape index (κ1) is 12.9. The van der Waals surface area contributed by atoms with Gasteiger partial charge in [0.15, 0.2) is 0 Å². The first-order valence-corrected chi connectivity index (χ1v) is 6.63. The van der Waals surface area contributed by atoms with Gasteiger partial charge in [-0.15, -0.1) is 0 Å². The lowest BCUT2D eigenvalue weighted by molar-refractivity contribution is 0.0926. The van der Waals surface area contributed by atoms with E-state index in [1.807, 2.05) is 13.8 Å². The van der Waals surface area contributed by atoms with Crippen LogP contribution in [0.3, 0.4) is 0 Å². The van der Waals surface area contributed by atoms with Crippen LogP contribution < -0.4 is 4.90 Å². The van der Waals surface area contributed by atoms with Gasteiger partial charge in [-0.2, -0.15) is 0 Å². The predicted molar refractivity (Wildman–Crippen MR) is 78.5 cm³/mol. The zero-order valence-electron chi connectivity index (χ0n) is 11.1. The summed E-state index contributed by atoms with van der Waals surface area (Å²) in [7, 11) is 0. The summed E-state index contributed by atoms with van der Waals surface area (Å²) in [6, 6.07) is 10.4. The van der Waals surface area contributed by atoms with Crippen molar-refractivity contribution < 1.29 is 9.59 Å². The number of hydrogen-bond acceptors (Lipinski definition) is 2. The molecule has 2 amide bonds. The summed E-state index contributed by atoms with van der Waals surface area (Å²) in [6.07, 6.45) is 0. The van der Waals surface area contributed by atoms with Gasteiger partial charge in [0.2, 0.25) is 0 Å². The van der Waals surface area contributed by atoms with Crippen LogP contribution in [0, 0.1) is 13.8 Å². The highest BCUT2D eigenvalue weighted by Crippen LogP contribution is 2.32. The molecule has 0 atom stereocenters. The molecule has 0 aliphatic carbocycles. The minimum atomic E-state index is -0.285. The van der Waals surface area contributed by atoms with Crippen molar-refractivity contribution in [2.75, 3.05) is 4.90 Å². The van der Waals surface area contributed by atoms with Crippen LogP contribution in [0.15, 0.2) is 36.4 Å². The number of fused-ring (bicyclic) bond motifs is 1. The maximum atomic E-state index is 12.4. The fourth-order valence-electron chi connectivity index (χ4n) is 2.48. The Morgan fingerprint density at radius 1 is 0.900 bits per heavy atom. The highest BCUT2D eigenvalue weighted by atomic mass is 35.5. The molecule has 0 radical (unpaired) electrons. The molecule has 1 aliphatic heterocycles. The zero-order valence-corrected chi connectivity index (χ0v) is 11.9. The van der Waals surface area contributed by atoms with Crippen molar-refractivity contribution in [1.82, 2.24) is 0 Å². The Balaban J connectivity index is 2.14. The van der Waals surface area contributed by atoms with Gasteiger partial charge in [0.05, 0.1) is 16.8 Å². The van der Waals surface area contributed by atoms with Crippen molar-refractivity contribution >= 4 is 29.1 Å². The fraction of sp³-hybridized carbons (Fsp3) is 0.125. The number of imide groups is 1. The lowest BCUT2D eigenvalue weighted by Gasteiger charge is -2.16. The molecule has 2 aromatic rings. The van der Waals surface area contributed by atoms with Crippen molar-refractivity contribution in [3.63, 3.8) is 0 Å². The number of rotatable bonds is 1. The molecule has 0 bridgehead atoms. The summed E-state index contributed by atoms with van der Waals surface area (Å²) >= 11 is 6.13. The van der Waals surface area contributed by atoms with Crippen molar-refractivity contribution in [3.8, 4) is 0 Å². The number of benzene rings is 2. The summed E-state index contributed by atoms with van der Waals surface area (Å²) in [5, 5.41) is 0.658. The molecular weight excluding hydrogens is 274 g/mol. The largest absolute Gasteiger partial charge is 0.268 e. The van der Waals surface area contributed by atoms with Gasteiger partial charge in [-0.25, -0.2) is 4.90 Å². The number of nitrogens with zero attached hydrogens (tertiary/aromatic N) is 1. The van der Waals surface area contributed by atoms with E-state index in [-0.39, 0.29) is 11.8 Å². The number of carbonyl (C=O) groups is 2. The molecule has 3 rings (SSSR count). The zero-order chi connectivity index (χ0) is 14.4. The summed E-state index contributed by atoms with van der Waals surface area (Å²) in [5.41, 5.74) is 3.15. The Morgan fingerprint density at radius 2 is 1.35 bits per heavy atom. The Labute approximate surface area is 121 Å². The van der Waals surface area contributed by atoms with Gasteiger partial charge in [0.1, 0.15) is 0 Å². The van der Waals surface area contributed by atoms with Crippen molar-refractivity contribution in [2.24, 2.45) is 0 Å². The van der Waals surface area contributed by atoms with E-state index >= 15 is 0 Å². The Hall–Kier alpha value is -2.13. The summed E-state index contributed by atoms with van der Waals surface area (Å²) in [5.74, 6) is -0.571. The van der Waals surface area contributed by atoms with Crippen LogP contribution in [0.1, 0.15) is 31.8 Å². The minimum absolute atomic E-state index is 0.285. The number of carbonyl (C=O) groups excluding carboxylic acids is 2. The predicted octanol–water partition coefficient (Wildman–Crippen LogP) is 3.76. The summed E-state index contributed by atoms with van der Waals surface area (Å²) < 4.78 is 0. The van der Waals surface area contributed by atoms with E-state index < -0.39 is 0 Å². The van der Waals surface area contributed by atoms with Gasteiger partial charge >= 0.3 is 0 Å². The number of aryl methyl sites for hydroxylation is 2. The van der Waals surface area contributed by atoms with Gasteiger partial charge < -0.3 is 0 Å². The molecule has 0 spiro atoms. The van der Waals surface area contributed by atoms with E-state index in [4.69, 9.17) is 11.6 Å². The van der Waals surface area contributed by atoms with Gasteiger partial charge in [-0.1, -0.05) is 23.7 Å². The molecule has 0 N–H and O–H groups in total. The first-order valence-electron chi connectivity index (χ1n) is 6.25. The second-order valence-corrected chi connectivity index (χ2v) is 5.26. The van der Waals surface area contributed by atoms with E-state index in [0.717, 1.165) is 11.1 Å². The highest BCUT2D eigenvalue weighted by Gasteiger charge is 2.36. The number of halogens is 1. The highest BCUT2D eigenvalue weighted by molar-refractivity contribution is 6.35. The third-order valence-electron chi connectivity index (χ3n) is 3.47. The lowest BCUT2D eigenvalue weighted by Crippen LogP contribution is -2.29. The van der Waals surface area contributed by atoms with E-state index in [2.05, 4.69) is 0 Å². The maximum absolute atomic E-state index is 12.4. The Bertz CT molecular complexity index is 694. The van der Waals surface area contributed by atoms with E-state index in [9.17, 15) is 9.59 Å². The molecule has 100 valence electrons. The topological polar surface area (TPSA) is 37.4 Å². The fourth-order valence-corrected chi connectivity index (χ4v) is 2.58. The molecule has 2 aromatic carbocycles. The quantitative estimate of drug-likeness (QED) is 0.748. The molecule has 20 heavy (non-hydrogen) atoms. The van der Waals surface area contributed by atoms with Gasteiger partial charge in [-0.3, -0.25) is 9.59 Å². The molecular formula is C16H12ClNO2. The first-order chi connectivity index (χ1) is 9.50. The molecule has 0 aromatic heterocycles. The van der Waals surface area contributed by atoms with E-state index in [1.165, 1.54) is 4.90 Å². The van der Waals surface area contributed by atoms with Crippen LogP contribution in [0.25, 0.3) is 0 Å². The third kappa shape index (κ3) is 1.74. The summed E-state index contributed by atoms with van der Waals surface area (Å²) in [4.78, 5) is 26.0. The normalized spacial score (nSPS) is 13.8. The molecule has 3 nitrogen and oxygen atoms in total. The minimum Gasteiger partial charge on any atom is -0.268 e. The van der Waals surface area contributed by atoms with E-state index in [1.54, 1.807) is 36.4 Å². The van der Waals surface area contributed by atoms with Crippen LogP contribution >= 0.6 is 11.6 Å². The van der Waals surface area contributed by atoms with Gasteiger partial charge in [-0.05, 0) is 49.2 Å². The van der Waals surface area contributed by atoms with Crippen molar-refractivity contribution in [1.29, 1.82) is 0 Å². The monoisotopic (exact) mass is 285 g/mol. The Morgan fingerprint density at radius 3 is 1.80 bits per heavy atom. The van der Waals surface area contributed by atoms with Crippen LogP contribution in [0.4, 0.5) is 5.69 Å². The molecule has 0 unspecified atom stereocenters. The maximum Gasteiger partial charge on any atom is 0.266 e. The van der Waals surface area contributed by atoms with Gasteiger partial charge in [0, 0.05) is 5.02 Å². The van der Waals surface area contributed by atoms with Crippen molar-refractivity contribution in [2.45, 2.75) is 13.8 Å². The van der Waals surface area contributed by atoms with Crippen LogP contribution in [0.2, 0.25) is 5.02 Å². The van der Waals surface area contributed by atoms with Crippen LogP contribution in [0.5, 0.6) is 0 Å². The molecule has 0 fully saturated rings. The lowest BCUT2D eigenvalue weighted by atomic mass is 10.1. The molecule has 1 aliphatic rings. The Kier molecular flexibility index (Phi) is 2.87. The van der Waals surface area contributed by atoms with Gasteiger partial charge in [0.25, 0.3) is 11.8 Å². The third-order valence-corrected chi connectivity index (χ3v) is 4.07.